The van der Waals surface area contributed by atoms with E-state index in [1.807, 2.05) is 23.1 Å². The molecule has 5 heteroatoms. The maximum absolute atomic E-state index is 13.2. The van der Waals surface area contributed by atoms with Gasteiger partial charge in [0.15, 0.2) is 0 Å². The Hall–Kier alpha value is -3.44. The Morgan fingerprint density at radius 1 is 0.969 bits per heavy atom. The van der Waals surface area contributed by atoms with Crippen molar-refractivity contribution in [2.24, 2.45) is 0 Å². The molecule has 2 aromatic carbocycles. The summed E-state index contributed by atoms with van der Waals surface area (Å²) in [6, 6.07) is 22.6. The highest BCUT2D eigenvalue weighted by atomic mass is 16.6. The average Bonchev–Trinajstić information content (AvgIpc) is 3.16. The molecule has 2 bridgehead atoms. The van der Waals surface area contributed by atoms with Crippen LogP contribution in [0.2, 0.25) is 0 Å². The van der Waals surface area contributed by atoms with E-state index in [0.717, 1.165) is 12.1 Å². The summed E-state index contributed by atoms with van der Waals surface area (Å²) >= 11 is 0. The van der Waals surface area contributed by atoms with E-state index in [9.17, 15) is 4.79 Å². The second-order valence-corrected chi connectivity index (χ2v) is 8.58. The fourth-order valence-corrected chi connectivity index (χ4v) is 5.29. The number of pyridine rings is 1. The quantitative estimate of drug-likeness (QED) is 0.601. The molecule has 1 aromatic heterocycles. The number of fused-ring (bicyclic) bond motifs is 5. The Kier molecular flexibility index (Phi) is 4.76. The molecule has 0 N–H and O–H groups in total. The third-order valence-corrected chi connectivity index (χ3v) is 6.74. The van der Waals surface area contributed by atoms with Gasteiger partial charge in [-0.2, -0.15) is 0 Å². The van der Waals surface area contributed by atoms with Gasteiger partial charge >= 0.3 is 6.09 Å². The first-order valence-corrected chi connectivity index (χ1v) is 11.1. The SMILES string of the molecule is O=C(OCC1c2ccccc2-c2ccccc21)N1C2C=C(c3ccccn3)CC1COC2. The van der Waals surface area contributed by atoms with Gasteiger partial charge in [0.25, 0.3) is 0 Å². The van der Waals surface area contributed by atoms with Crippen molar-refractivity contribution >= 4 is 11.7 Å². The molecule has 160 valence electrons. The Labute approximate surface area is 187 Å². The monoisotopic (exact) mass is 424 g/mol. The topological polar surface area (TPSA) is 51.7 Å². The van der Waals surface area contributed by atoms with E-state index >= 15 is 0 Å². The van der Waals surface area contributed by atoms with Crippen molar-refractivity contribution in [1.82, 2.24) is 9.88 Å². The zero-order valence-corrected chi connectivity index (χ0v) is 17.7. The van der Waals surface area contributed by atoms with Crippen LogP contribution >= 0.6 is 0 Å². The maximum atomic E-state index is 13.2. The molecule has 3 aromatic rings. The van der Waals surface area contributed by atoms with Crippen LogP contribution in [0.1, 0.15) is 29.2 Å². The zero-order chi connectivity index (χ0) is 21.5. The van der Waals surface area contributed by atoms with Gasteiger partial charge in [-0.25, -0.2) is 4.79 Å². The molecule has 0 radical (unpaired) electrons. The number of amides is 1. The van der Waals surface area contributed by atoms with Crippen molar-refractivity contribution in [3.63, 3.8) is 0 Å². The van der Waals surface area contributed by atoms with Crippen LogP contribution in [0.4, 0.5) is 4.79 Å². The molecule has 5 nitrogen and oxygen atoms in total. The van der Waals surface area contributed by atoms with E-state index in [1.165, 1.54) is 27.8 Å². The molecule has 2 aliphatic heterocycles. The standard InChI is InChI=1S/C27H24N2O3/c30-27(29-19-13-18(14-20(29)16-31-15-19)26-11-5-6-12-28-26)32-17-25-23-9-3-1-7-21(23)22-8-2-4-10-24(22)25/h1-13,19-20,25H,14-17H2. The minimum Gasteiger partial charge on any atom is -0.448 e. The van der Waals surface area contributed by atoms with Crippen molar-refractivity contribution in [3.05, 3.63) is 95.8 Å². The van der Waals surface area contributed by atoms with Gasteiger partial charge in [0, 0.05) is 12.1 Å². The summed E-state index contributed by atoms with van der Waals surface area (Å²) in [4.78, 5) is 19.6. The molecule has 0 spiro atoms. The normalized spacial score (nSPS) is 21.5. The first-order valence-electron chi connectivity index (χ1n) is 11.1. The Bertz CT molecular complexity index is 1140. The molecule has 2 unspecified atom stereocenters. The lowest BCUT2D eigenvalue weighted by atomic mass is 9.92. The van der Waals surface area contributed by atoms with E-state index in [-0.39, 0.29) is 24.1 Å². The van der Waals surface area contributed by atoms with Gasteiger partial charge in [-0.3, -0.25) is 9.88 Å². The van der Waals surface area contributed by atoms with E-state index in [4.69, 9.17) is 9.47 Å². The molecule has 3 heterocycles. The molecule has 3 aliphatic rings. The molecular formula is C27H24N2O3. The highest BCUT2D eigenvalue weighted by molar-refractivity contribution is 5.79. The number of carbonyl (C=O) groups excluding carboxylic acids is 1. The molecule has 1 saturated heterocycles. The van der Waals surface area contributed by atoms with Crippen molar-refractivity contribution in [1.29, 1.82) is 0 Å². The molecule has 1 aliphatic carbocycles. The van der Waals surface area contributed by atoms with Gasteiger partial charge in [0.05, 0.1) is 31.0 Å². The highest BCUT2D eigenvalue weighted by Crippen LogP contribution is 2.44. The largest absolute Gasteiger partial charge is 0.448 e. The summed E-state index contributed by atoms with van der Waals surface area (Å²) in [5.41, 5.74) is 7.05. The van der Waals surface area contributed by atoms with Gasteiger partial charge in [0.2, 0.25) is 0 Å². The van der Waals surface area contributed by atoms with Gasteiger partial charge in [-0.05, 0) is 46.4 Å². The lowest BCUT2D eigenvalue weighted by Crippen LogP contribution is -2.56. The minimum atomic E-state index is -0.263. The van der Waals surface area contributed by atoms with Crippen LogP contribution < -0.4 is 0 Å². The van der Waals surface area contributed by atoms with Crippen molar-refractivity contribution in [2.75, 3.05) is 19.8 Å². The van der Waals surface area contributed by atoms with Gasteiger partial charge in [0.1, 0.15) is 6.61 Å². The maximum Gasteiger partial charge on any atom is 0.410 e. The number of hydrogen-bond acceptors (Lipinski definition) is 4. The summed E-state index contributed by atoms with van der Waals surface area (Å²) in [6.07, 6.45) is 4.37. The molecule has 2 atom stereocenters. The minimum absolute atomic E-state index is 0.0357. The van der Waals surface area contributed by atoms with Crippen molar-refractivity contribution in [2.45, 2.75) is 24.4 Å². The van der Waals surface area contributed by atoms with Crippen LogP contribution in [0.3, 0.4) is 0 Å². The molecule has 32 heavy (non-hydrogen) atoms. The predicted molar refractivity (Wildman–Crippen MR) is 122 cm³/mol. The molecule has 0 saturated carbocycles. The summed E-state index contributed by atoms with van der Waals surface area (Å²) < 4.78 is 11.7. The number of nitrogens with zero attached hydrogens (tertiary/aromatic N) is 2. The first kappa shape index (κ1) is 19.3. The fourth-order valence-electron chi connectivity index (χ4n) is 5.29. The lowest BCUT2D eigenvalue weighted by Gasteiger charge is -2.43. The van der Waals surface area contributed by atoms with Crippen LogP contribution in [-0.4, -0.2) is 47.9 Å². The predicted octanol–water partition coefficient (Wildman–Crippen LogP) is 4.89. The summed E-state index contributed by atoms with van der Waals surface area (Å²) in [5.74, 6) is 0.0619. The Balaban J connectivity index is 1.22. The van der Waals surface area contributed by atoms with E-state index < -0.39 is 0 Å². The number of ether oxygens (including phenoxy) is 2. The lowest BCUT2D eigenvalue weighted by molar-refractivity contribution is -0.0331. The summed E-state index contributed by atoms with van der Waals surface area (Å²) in [5, 5.41) is 0. The number of carbonyl (C=O) groups is 1. The number of rotatable bonds is 3. The molecule has 6 rings (SSSR count). The third-order valence-electron chi connectivity index (χ3n) is 6.74. The van der Waals surface area contributed by atoms with Crippen LogP contribution in [0.5, 0.6) is 0 Å². The smallest absolute Gasteiger partial charge is 0.410 e. The van der Waals surface area contributed by atoms with E-state index in [1.54, 1.807) is 6.20 Å². The molecule has 1 fully saturated rings. The van der Waals surface area contributed by atoms with Crippen molar-refractivity contribution < 1.29 is 14.3 Å². The highest BCUT2D eigenvalue weighted by Gasteiger charge is 2.40. The van der Waals surface area contributed by atoms with E-state index in [2.05, 4.69) is 59.6 Å². The number of hydrogen-bond donors (Lipinski definition) is 0. The van der Waals surface area contributed by atoms with Gasteiger partial charge in [-0.15, -0.1) is 0 Å². The van der Waals surface area contributed by atoms with Gasteiger partial charge < -0.3 is 9.47 Å². The molecular weight excluding hydrogens is 400 g/mol. The van der Waals surface area contributed by atoms with Crippen molar-refractivity contribution in [3.8, 4) is 11.1 Å². The Morgan fingerprint density at radius 2 is 1.69 bits per heavy atom. The van der Waals surface area contributed by atoms with Crippen LogP contribution in [0.25, 0.3) is 16.7 Å². The van der Waals surface area contributed by atoms with Crippen LogP contribution in [-0.2, 0) is 9.47 Å². The second-order valence-electron chi connectivity index (χ2n) is 8.58. The van der Waals surface area contributed by atoms with E-state index in [0.29, 0.717) is 19.8 Å². The number of aromatic nitrogens is 1. The molecule has 1 amide bonds. The second kappa shape index (κ2) is 7.92. The zero-order valence-electron chi connectivity index (χ0n) is 17.7. The van der Waals surface area contributed by atoms with Crippen LogP contribution in [0.15, 0.2) is 79.0 Å². The Morgan fingerprint density at radius 3 is 2.38 bits per heavy atom. The van der Waals surface area contributed by atoms with Crippen LogP contribution in [0, 0.1) is 0 Å². The van der Waals surface area contributed by atoms with Gasteiger partial charge in [-0.1, -0.05) is 60.7 Å². The summed E-state index contributed by atoms with van der Waals surface area (Å²) in [6.45, 7) is 1.34. The third kappa shape index (κ3) is 3.21. The first-order chi connectivity index (χ1) is 15.8. The number of benzene rings is 2. The summed E-state index contributed by atoms with van der Waals surface area (Å²) in [7, 11) is 0. The number of morpholine rings is 1. The fraction of sp³-hybridized carbons (Fsp3) is 0.259. The average molecular weight is 425 g/mol.